The van der Waals surface area contributed by atoms with Crippen LogP contribution in [0.5, 0.6) is 0 Å². The Morgan fingerprint density at radius 1 is 1.33 bits per heavy atom. The summed E-state index contributed by atoms with van der Waals surface area (Å²) in [4.78, 5) is 27.2. The van der Waals surface area contributed by atoms with Crippen molar-refractivity contribution in [1.29, 1.82) is 0 Å². The molecular weight excluding hydrogens is 308 g/mol. The van der Waals surface area contributed by atoms with E-state index in [1.807, 2.05) is 29.0 Å². The van der Waals surface area contributed by atoms with Crippen molar-refractivity contribution in [2.75, 3.05) is 19.0 Å². The summed E-state index contributed by atoms with van der Waals surface area (Å²) in [5.41, 5.74) is 0.874. The molecule has 1 aliphatic heterocycles. The van der Waals surface area contributed by atoms with Crippen LogP contribution < -0.4 is 5.32 Å². The molecule has 0 bridgehead atoms. The van der Waals surface area contributed by atoms with Crippen LogP contribution in [0.4, 0.5) is 9.80 Å². The summed E-state index contributed by atoms with van der Waals surface area (Å²) < 4.78 is 4.88. The number of nitrogens with one attached hydrogen (secondary N) is 1. The van der Waals surface area contributed by atoms with Gasteiger partial charge in [0.15, 0.2) is 6.04 Å². The van der Waals surface area contributed by atoms with E-state index in [9.17, 15) is 9.59 Å². The molecule has 0 spiro atoms. The number of hydrogen-bond acceptors (Lipinski definition) is 5. The van der Waals surface area contributed by atoms with Crippen LogP contribution in [-0.4, -0.2) is 30.6 Å². The molecular formula is C14H14N2O3S2. The molecule has 2 aromatic rings. The fourth-order valence-electron chi connectivity index (χ4n) is 2.43. The zero-order chi connectivity index (χ0) is 14.8. The smallest absolute Gasteiger partial charge is 0.333 e. The Bertz CT molecular complexity index is 651. The number of amides is 2. The third-order valence-electron chi connectivity index (χ3n) is 3.40. The number of nitrogens with zero attached hydrogens (tertiary/aromatic N) is 1. The zero-order valence-electron chi connectivity index (χ0n) is 11.4. The van der Waals surface area contributed by atoms with Gasteiger partial charge >= 0.3 is 12.0 Å². The Morgan fingerprint density at radius 2 is 2.19 bits per heavy atom. The summed E-state index contributed by atoms with van der Waals surface area (Å²) >= 11 is 3.06. The third kappa shape index (κ3) is 2.66. The van der Waals surface area contributed by atoms with Gasteiger partial charge in [-0.15, -0.1) is 22.7 Å². The van der Waals surface area contributed by atoms with Crippen LogP contribution in [0.1, 0.15) is 16.5 Å². The van der Waals surface area contributed by atoms with Crippen LogP contribution >= 0.6 is 22.7 Å². The molecule has 21 heavy (non-hydrogen) atoms. The molecule has 0 aromatic carbocycles. The molecule has 1 N–H and O–H groups in total. The predicted octanol–water partition coefficient (Wildman–Crippen LogP) is 3.11. The predicted molar refractivity (Wildman–Crippen MR) is 82.8 cm³/mol. The number of esters is 1. The SMILES string of the molecule is COC(=O)C1c2ccsc2CCN1C(=O)Nc1cccs1. The number of anilines is 1. The number of fused-ring (bicyclic) bond motifs is 1. The number of carbonyl (C=O) groups is 2. The minimum Gasteiger partial charge on any atom is -0.467 e. The number of thiophene rings is 2. The Labute approximate surface area is 130 Å². The maximum absolute atomic E-state index is 12.4. The quantitative estimate of drug-likeness (QED) is 0.864. The standard InChI is InChI=1S/C14H14N2O3S2/c1-19-13(17)12-9-5-8-20-10(9)4-6-16(12)14(18)15-11-3-2-7-21-11/h2-3,5,7-8,12H,4,6H2,1H3,(H,15,18). The topological polar surface area (TPSA) is 58.6 Å². The van der Waals surface area contributed by atoms with E-state index in [-0.39, 0.29) is 6.03 Å². The fourth-order valence-corrected chi connectivity index (χ4v) is 3.94. The lowest BCUT2D eigenvalue weighted by Crippen LogP contribution is -2.45. The number of hydrogen-bond donors (Lipinski definition) is 1. The number of rotatable bonds is 2. The molecule has 1 aliphatic rings. The van der Waals surface area contributed by atoms with Gasteiger partial charge in [-0.05, 0) is 40.9 Å². The van der Waals surface area contributed by atoms with Gasteiger partial charge in [-0.2, -0.15) is 0 Å². The lowest BCUT2D eigenvalue weighted by Gasteiger charge is -2.33. The van der Waals surface area contributed by atoms with Crippen LogP contribution in [0.3, 0.4) is 0 Å². The van der Waals surface area contributed by atoms with Gasteiger partial charge in [0.25, 0.3) is 0 Å². The minimum absolute atomic E-state index is 0.273. The summed E-state index contributed by atoms with van der Waals surface area (Å²) in [6.45, 7) is 0.504. The number of urea groups is 1. The summed E-state index contributed by atoms with van der Waals surface area (Å²) in [6.07, 6.45) is 0.762. The Morgan fingerprint density at radius 3 is 2.90 bits per heavy atom. The van der Waals surface area contributed by atoms with Gasteiger partial charge in [-0.25, -0.2) is 9.59 Å². The number of carbonyl (C=O) groups excluding carboxylic acids is 2. The van der Waals surface area contributed by atoms with Crippen molar-refractivity contribution in [1.82, 2.24) is 4.90 Å². The Kier molecular flexibility index (Phi) is 3.94. The zero-order valence-corrected chi connectivity index (χ0v) is 13.0. The average Bonchev–Trinajstić information content (AvgIpc) is 3.15. The molecule has 110 valence electrons. The van der Waals surface area contributed by atoms with Crippen molar-refractivity contribution in [2.45, 2.75) is 12.5 Å². The van der Waals surface area contributed by atoms with Crippen LogP contribution in [0.2, 0.25) is 0 Å². The van der Waals surface area contributed by atoms with Crippen LogP contribution in [0.25, 0.3) is 0 Å². The summed E-state index contributed by atoms with van der Waals surface area (Å²) in [7, 11) is 1.35. The van der Waals surface area contributed by atoms with Crippen LogP contribution in [-0.2, 0) is 16.0 Å². The summed E-state index contributed by atoms with van der Waals surface area (Å²) in [6, 6.07) is 4.65. The van der Waals surface area contributed by atoms with Crippen molar-refractivity contribution in [3.8, 4) is 0 Å². The van der Waals surface area contributed by atoms with E-state index in [0.717, 1.165) is 21.9 Å². The largest absolute Gasteiger partial charge is 0.467 e. The Hall–Kier alpha value is -1.86. The average molecular weight is 322 g/mol. The third-order valence-corrected chi connectivity index (χ3v) is 5.18. The highest BCUT2D eigenvalue weighted by Crippen LogP contribution is 2.34. The highest BCUT2D eigenvalue weighted by atomic mass is 32.1. The van der Waals surface area contributed by atoms with Crippen molar-refractivity contribution in [3.63, 3.8) is 0 Å². The van der Waals surface area contributed by atoms with Gasteiger partial charge in [0.1, 0.15) is 0 Å². The second kappa shape index (κ2) is 5.87. The summed E-state index contributed by atoms with van der Waals surface area (Å²) in [5, 5.41) is 7.42. The maximum Gasteiger partial charge on any atom is 0.333 e. The molecule has 3 heterocycles. The van der Waals surface area contributed by atoms with E-state index >= 15 is 0 Å². The normalized spacial score (nSPS) is 17.2. The molecule has 0 saturated heterocycles. The van der Waals surface area contributed by atoms with Crippen LogP contribution in [0.15, 0.2) is 29.0 Å². The molecule has 5 nitrogen and oxygen atoms in total. The molecule has 0 fully saturated rings. The van der Waals surface area contributed by atoms with Crippen molar-refractivity contribution >= 4 is 39.7 Å². The first-order valence-electron chi connectivity index (χ1n) is 6.46. The van der Waals surface area contributed by atoms with Gasteiger partial charge < -0.3 is 9.64 Å². The number of methoxy groups -OCH3 is 1. The summed E-state index contributed by atoms with van der Waals surface area (Å²) in [5.74, 6) is -0.407. The maximum atomic E-state index is 12.4. The molecule has 3 rings (SSSR count). The van der Waals surface area contributed by atoms with E-state index in [1.165, 1.54) is 18.4 Å². The van der Waals surface area contributed by atoms with Crippen LogP contribution in [0, 0.1) is 0 Å². The van der Waals surface area contributed by atoms with Gasteiger partial charge in [0, 0.05) is 11.4 Å². The second-order valence-corrected chi connectivity index (χ2v) is 6.52. The lowest BCUT2D eigenvalue weighted by atomic mass is 10.0. The van der Waals surface area contributed by atoms with E-state index in [1.54, 1.807) is 16.2 Å². The first-order valence-corrected chi connectivity index (χ1v) is 8.22. The molecule has 0 aliphatic carbocycles. The van der Waals surface area contributed by atoms with E-state index < -0.39 is 12.0 Å². The number of ether oxygens (including phenoxy) is 1. The van der Waals surface area contributed by atoms with Crippen molar-refractivity contribution < 1.29 is 14.3 Å². The van der Waals surface area contributed by atoms with Crippen molar-refractivity contribution in [3.05, 3.63) is 39.4 Å². The molecule has 0 saturated carbocycles. The molecule has 2 aromatic heterocycles. The van der Waals surface area contributed by atoms with Gasteiger partial charge in [0.2, 0.25) is 0 Å². The van der Waals surface area contributed by atoms with Crippen molar-refractivity contribution in [2.24, 2.45) is 0 Å². The fraction of sp³-hybridized carbons (Fsp3) is 0.286. The molecule has 1 atom stereocenters. The van der Waals surface area contributed by atoms with Gasteiger partial charge in [-0.3, -0.25) is 5.32 Å². The second-order valence-electron chi connectivity index (χ2n) is 4.58. The minimum atomic E-state index is -0.662. The van der Waals surface area contributed by atoms with Gasteiger partial charge in [0.05, 0.1) is 12.1 Å². The van der Waals surface area contributed by atoms with E-state index in [4.69, 9.17) is 4.74 Å². The first-order chi connectivity index (χ1) is 10.2. The lowest BCUT2D eigenvalue weighted by molar-refractivity contribution is -0.146. The highest BCUT2D eigenvalue weighted by Gasteiger charge is 2.37. The molecule has 0 radical (unpaired) electrons. The van der Waals surface area contributed by atoms with Gasteiger partial charge in [-0.1, -0.05) is 0 Å². The molecule has 2 amide bonds. The molecule has 1 unspecified atom stereocenters. The van der Waals surface area contributed by atoms with E-state index in [2.05, 4.69) is 5.32 Å². The monoisotopic (exact) mass is 322 g/mol. The Balaban J connectivity index is 1.86. The van der Waals surface area contributed by atoms with E-state index in [0.29, 0.717) is 6.54 Å². The molecule has 7 heteroatoms. The highest BCUT2D eigenvalue weighted by molar-refractivity contribution is 7.14. The first kappa shape index (κ1) is 14.1.